The largest absolute Gasteiger partial charge is 0.321 e. The Balaban J connectivity index is 2.15. The molecule has 5 nitrogen and oxygen atoms in total. The summed E-state index contributed by atoms with van der Waals surface area (Å²) < 4.78 is 1.43. The van der Waals surface area contributed by atoms with Gasteiger partial charge in [-0.3, -0.25) is 4.79 Å². The fourth-order valence-corrected chi connectivity index (χ4v) is 1.21. The normalized spacial score (nSPS) is 9.93. The van der Waals surface area contributed by atoms with Crippen molar-refractivity contribution in [2.24, 2.45) is 7.05 Å². The van der Waals surface area contributed by atoms with Crippen LogP contribution in [-0.2, 0) is 7.05 Å². The molecule has 5 heteroatoms. The summed E-state index contributed by atoms with van der Waals surface area (Å²) in [6.07, 6.45) is 1.43. The van der Waals surface area contributed by atoms with Crippen LogP contribution in [-0.4, -0.2) is 20.9 Å². The number of anilines is 1. The highest BCUT2D eigenvalue weighted by molar-refractivity contribution is 6.02. The second kappa shape index (κ2) is 3.91. The average Bonchev–Trinajstić information content (AvgIpc) is 2.66. The molecule has 0 atom stereocenters. The van der Waals surface area contributed by atoms with Gasteiger partial charge in [0.25, 0.3) is 5.91 Å². The highest BCUT2D eigenvalue weighted by atomic mass is 16.2. The minimum Gasteiger partial charge on any atom is -0.321 e. The number of rotatable bonds is 2. The molecule has 0 bridgehead atoms. The predicted octanol–water partition coefficient (Wildman–Crippen LogP) is 1.07. The van der Waals surface area contributed by atoms with E-state index < -0.39 is 0 Å². The zero-order valence-corrected chi connectivity index (χ0v) is 8.21. The van der Waals surface area contributed by atoms with E-state index in [4.69, 9.17) is 0 Å². The van der Waals surface area contributed by atoms with E-state index in [0.717, 1.165) is 5.69 Å². The van der Waals surface area contributed by atoms with Gasteiger partial charge in [-0.1, -0.05) is 23.4 Å². The number of benzene rings is 1. The summed E-state index contributed by atoms with van der Waals surface area (Å²) in [6, 6.07) is 9.25. The molecule has 1 N–H and O–H groups in total. The number of aryl methyl sites for hydroxylation is 1. The zero-order chi connectivity index (χ0) is 10.7. The van der Waals surface area contributed by atoms with Crippen LogP contribution in [0.25, 0.3) is 0 Å². The SMILES string of the molecule is Cn1nncc1C(=O)Nc1ccccc1. The van der Waals surface area contributed by atoms with Crippen molar-refractivity contribution in [3.63, 3.8) is 0 Å². The van der Waals surface area contributed by atoms with Crippen LogP contribution >= 0.6 is 0 Å². The van der Waals surface area contributed by atoms with Gasteiger partial charge in [0.1, 0.15) is 5.69 Å². The Morgan fingerprint density at radius 1 is 1.33 bits per heavy atom. The molecule has 15 heavy (non-hydrogen) atoms. The molecular weight excluding hydrogens is 192 g/mol. The maximum atomic E-state index is 11.7. The van der Waals surface area contributed by atoms with E-state index in [1.54, 1.807) is 7.05 Å². The van der Waals surface area contributed by atoms with Gasteiger partial charge in [-0.25, -0.2) is 4.68 Å². The molecule has 0 saturated heterocycles. The van der Waals surface area contributed by atoms with Gasteiger partial charge in [0.2, 0.25) is 0 Å². The smallest absolute Gasteiger partial charge is 0.275 e. The van der Waals surface area contributed by atoms with Gasteiger partial charge < -0.3 is 5.32 Å². The topological polar surface area (TPSA) is 59.8 Å². The van der Waals surface area contributed by atoms with Crippen LogP contribution in [0.2, 0.25) is 0 Å². The summed E-state index contributed by atoms with van der Waals surface area (Å²) in [5.74, 6) is -0.214. The lowest BCUT2D eigenvalue weighted by Crippen LogP contribution is -2.15. The zero-order valence-electron chi connectivity index (χ0n) is 8.21. The van der Waals surface area contributed by atoms with E-state index in [-0.39, 0.29) is 5.91 Å². The molecule has 1 amide bonds. The molecule has 0 unspecified atom stereocenters. The summed E-state index contributed by atoms with van der Waals surface area (Å²) in [5.41, 5.74) is 1.18. The quantitative estimate of drug-likeness (QED) is 0.792. The van der Waals surface area contributed by atoms with Crippen LogP contribution in [0.15, 0.2) is 36.5 Å². The fourth-order valence-electron chi connectivity index (χ4n) is 1.21. The third-order valence-corrected chi connectivity index (χ3v) is 1.98. The molecule has 0 saturated carbocycles. The van der Waals surface area contributed by atoms with Crippen molar-refractivity contribution < 1.29 is 4.79 Å². The van der Waals surface area contributed by atoms with E-state index in [0.29, 0.717) is 5.69 Å². The van der Waals surface area contributed by atoms with Gasteiger partial charge in [0, 0.05) is 12.7 Å². The van der Waals surface area contributed by atoms with Crippen molar-refractivity contribution in [3.8, 4) is 0 Å². The second-order valence-corrected chi connectivity index (χ2v) is 3.06. The third-order valence-electron chi connectivity index (χ3n) is 1.98. The minimum absolute atomic E-state index is 0.214. The lowest BCUT2D eigenvalue weighted by atomic mass is 10.3. The highest BCUT2D eigenvalue weighted by Crippen LogP contribution is 2.06. The average molecular weight is 202 g/mol. The van der Waals surface area contributed by atoms with Crippen molar-refractivity contribution in [3.05, 3.63) is 42.2 Å². The maximum Gasteiger partial charge on any atom is 0.275 e. The molecule has 1 aromatic carbocycles. The van der Waals surface area contributed by atoms with E-state index in [9.17, 15) is 4.79 Å². The van der Waals surface area contributed by atoms with Gasteiger partial charge in [-0.05, 0) is 12.1 Å². The van der Waals surface area contributed by atoms with Crippen LogP contribution in [0.4, 0.5) is 5.69 Å². The Morgan fingerprint density at radius 3 is 2.67 bits per heavy atom. The summed E-state index contributed by atoms with van der Waals surface area (Å²) in [7, 11) is 1.67. The highest BCUT2D eigenvalue weighted by Gasteiger charge is 2.10. The van der Waals surface area contributed by atoms with E-state index in [1.165, 1.54) is 10.9 Å². The van der Waals surface area contributed by atoms with E-state index >= 15 is 0 Å². The molecule has 1 aromatic heterocycles. The molecule has 0 aliphatic heterocycles. The number of hydrogen-bond acceptors (Lipinski definition) is 3. The van der Waals surface area contributed by atoms with Crippen molar-refractivity contribution >= 4 is 11.6 Å². The number of nitrogens with one attached hydrogen (secondary N) is 1. The van der Waals surface area contributed by atoms with Gasteiger partial charge in [0.05, 0.1) is 6.20 Å². The Bertz CT molecular complexity index is 463. The molecule has 0 aliphatic carbocycles. The molecule has 2 aromatic rings. The second-order valence-electron chi connectivity index (χ2n) is 3.06. The van der Waals surface area contributed by atoms with E-state index in [1.807, 2.05) is 30.3 Å². The number of para-hydroxylation sites is 1. The lowest BCUT2D eigenvalue weighted by Gasteiger charge is -2.03. The number of carbonyl (C=O) groups is 1. The van der Waals surface area contributed by atoms with Crippen LogP contribution < -0.4 is 5.32 Å². The number of amides is 1. The van der Waals surface area contributed by atoms with Crippen LogP contribution in [0.5, 0.6) is 0 Å². The Kier molecular flexibility index (Phi) is 2.45. The van der Waals surface area contributed by atoms with Crippen molar-refractivity contribution in [2.75, 3.05) is 5.32 Å². The van der Waals surface area contributed by atoms with Gasteiger partial charge in [0.15, 0.2) is 0 Å². The number of carbonyl (C=O) groups excluding carboxylic acids is 1. The molecule has 76 valence electrons. The molecule has 0 aliphatic rings. The lowest BCUT2D eigenvalue weighted by molar-refractivity contribution is 0.101. The van der Waals surface area contributed by atoms with Crippen molar-refractivity contribution in [2.45, 2.75) is 0 Å². The first-order valence-corrected chi connectivity index (χ1v) is 4.48. The van der Waals surface area contributed by atoms with Gasteiger partial charge in [-0.15, -0.1) is 5.10 Å². The summed E-state index contributed by atoms with van der Waals surface area (Å²) in [5, 5.41) is 10.1. The van der Waals surface area contributed by atoms with Crippen molar-refractivity contribution in [1.29, 1.82) is 0 Å². The first kappa shape index (κ1) is 9.39. The Labute approximate surface area is 86.7 Å². The standard InChI is InChI=1S/C10H10N4O/c1-14-9(7-11-13-14)10(15)12-8-5-3-2-4-6-8/h2-7H,1H3,(H,12,15). The van der Waals surface area contributed by atoms with Gasteiger partial charge >= 0.3 is 0 Å². The summed E-state index contributed by atoms with van der Waals surface area (Å²) >= 11 is 0. The third kappa shape index (κ3) is 2.01. The summed E-state index contributed by atoms with van der Waals surface area (Å²) in [6.45, 7) is 0. The van der Waals surface area contributed by atoms with Crippen LogP contribution in [0, 0.1) is 0 Å². The molecular formula is C10H10N4O. The Hall–Kier alpha value is -2.17. The number of aromatic nitrogens is 3. The summed E-state index contributed by atoms with van der Waals surface area (Å²) in [4.78, 5) is 11.7. The number of hydrogen-bond donors (Lipinski definition) is 1. The first-order valence-electron chi connectivity index (χ1n) is 4.48. The fraction of sp³-hybridized carbons (Fsp3) is 0.100. The Morgan fingerprint density at radius 2 is 2.07 bits per heavy atom. The van der Waals surface area contributed by atoms with Gasteiger partial charge in [-0.2, -0.15) is 0 Å². The molecule has 1 heterocycles. The minimum atomic E-state index is -0.214. The number of nitrogens with zero attached hydrogens (tertiary/aromatic N) is 3. The first-order chi connectivity index (χ1) is 7.27. The molecule has 2 rings (SSSR count). The maximum absolute atomic E-state index is 11.7. The van der Waals surface area contributed by atoms with Crippen molar-refractivity contribution in [1.82, 2.24) is 15.0 Å². The van der Waals surface area contributed by atoms with Crippen LogP contribution in [0.3, 0.4) is 0 Å². The predicted molar refractivity (Wildman–Crippen MR) is 55.4 cm³/mol. The molecule has 0 spiro atoms. The monoisotopic (exact) mass is 202 g/mol. The van der Waals surface area contributed by atoms with E-state index in [2.05, 4.69) is 15.6 Å². The van der Waals surface area contributed by atoms with Crippen LogP contribution in [0.1, 0.15) is 10.5 Å². The molecule has 0 radical (unpaired) electrons. The molecule has 0 fully saturated rings.